The summed E-state index contributed by atoms with van der Waals surface area (Å²) in [6, 6.07) is 0. The molecule has 0 unspecified atom stereocenters. The summed E-state index contributed by atoms with van der Waals surface area (Å²) in [6.45, 7) is 3.16. The van der Waals surface area contributed by atoms with Gasteiger partial charge in [0.25, 0.3) is 0 Å². The first-order valence-electron chi connectivity index (χ1n) is 6.41. The van der Waals surface area contributed by atoms with Gasteiger partial charge >= 0.3 is 0 Å². The van der Waals surface area contributed by atoms with Gasteiger partial charge in [0.05, 0.1) is 0 Å². The number of halogens is 1. The lowest BCUT2D eigenvalue weighted by Crippen LogP contribution is -2.38. The fraction of sp³-hybridized carbons (Fsp3) is 0.917. The Bertz CT molecular complexity index is 218. The molecule has 0 spiro atoms. The Hall–Kier alpha value is 0. The van der Waals surface area contributed by atoms with Gasteiger partial charge in [-0.15, -0.1) is 24.0 Å². The first-order valence-corrected chi connectivity index (χ1v) is 6.41. The summed E-state index contributed by atoms with van der Waals surface area (Å²) in [5, 5.41) is 0. The molecule has 0 radical (unpaired) electrons. The minimum atomic E-state index is 0. The number of aliphatic imine (C=N–C) groups is 1. The van der Waals surface area contributed by atoms with Crippen molar-refractivity contribution in [2.45, 2.75) is 44.9 Å². The zero-order valence-electron chi connectivity index (χ0n) is 10.0. The molecular formula is C12H24IN3. The molecule has 0 amide bonds. The van der Waals surface area contributed by atoms with Crippen molar-refractivity contribution in [1.29, 1.82) is 0 Å². The van der Waals surface area contributed by atoms with Crippen LogP contribution in [-0.4, -0.2) is 30.5 Å². The Kier molecular flexibility index (Phi) is 6.46. The van der Waals surface area contributed by atoms with E-state index in [2.05, 4.69) is 9.89 Å². The molecule has 0 aromatic heterocycles. The van der Waals surface area contributed by atoms with Gasteiger partial charge in [0, 0.05) is 19.6 Å². The lowest BCUT2D eigenvalue weighted by atomic mass is 10.2. The molecule has 3 nitrogen and oxygen atoms in total. The average molecular weight is 337 g/mol. The monoisotopic (exact) mass is 337 g/mol. The predicted molar refractivity (Wildman–Crippen MR) is 79.3 cm³/mol. The maximum atomic E-state index is 6.00. The van der Waals surface area contributed by atoms with Crippen LogP contribution in [0.3, 0.4) is 0 Å². The number of nitrogens with two attached hydrogens (primary N) is 1. The third kappa shape index (κ3) is 4.89. The summed E-state index contributed by atoms with van der Waals surface area (Å²) >= 11 is 0. The topological polar surface area (TPSA) is 41.6 Å². The molecule has 1 aliphatic heterocycles. The molecule has 1 aliphatic carbocycles. The third-order valence-corrected chi connectivity index (χ3v) is 3.44. The van der Waals surface area contributed by atoms with Crippen LogP contribution in [0.25, 0.3) is 0 Å². The molecule has 1 saturated carbocycles. The van der Waals surface area contributed by atoms with Gasteiger partial charge in [-0.05, 0) is 25.2 Å². The molecule has 2 aliphatic rings. The van der Waals surface area contributed by atoms with Gasteiger partial charge in [0.1, 0.15) is 0 Å². The van der Waals surface area contributed by atoms with E-state index in [9.17, 15) is 0 Å². The molecule has 2 rings (SSSR count). The number of guanidine groups is 1. The molecule has 0 atom stereocenters. The summed E-state index contributed by atoms with van der Waals surface area (Å²) < 4.78 is 0. The fourth-order valence-electron chi connectivity index (χ4n) is 2.17. The maximum Gasteiger partial charge on any atom is 0.191 e. The summed E-state index contributed by atoms with van der Waals surface area (Å²) in [5.41, 5.74) is 6.00. The van der Waals surface area contributed by atoms with Gasteiger partial charge in [-0.2, -0.15) is 0 Å². The van der Waals surface area contributed by atoms with Gasteiger partial charge in [0.15, 0.2) is 5.96 Å². The lowest BCUT2D eigenvalue weighted by Gasteiger charge is -2.21. The first kappa shape index (κ1) is 14.1. The quantitative estimate of drug-likeness (QED) is 0.489. The molecule has 1 heterocycles. The fourth-order valence-corrected chi connectivity index (χ4v) is 2.17. The van der Waals surface area contributed by atoms with E-state index in [4.69, 9.17) is 5.73 Å². The van der Waals surface area contributed by atoms with Gasteiger partial charge in [-0.1, -0.05) is 25.7 Å². The maximum absolute atomic E-state index is 6.00. The molecular weight excluding hydrogens is 313 g/mol. The van der Waals surface area contributed by atoms with Crippen molar-refractivity contribution in [3.8, 4) is 0 Å². The van der Waals surface area contributed by atoms with Crippen LogP contribution < -0.4 is 5.73 Å². The van der Waals surface area contributed by atoms with Crippen LogP contribution in [0, 0.1) is 5.92 Å². The van der Waals surface area contributed by atoms with E-state index >= 15 is 0 Å². The van der Waals surface area contributed by atoms with E-state index in [0.29, 0.717) is 0 Å². The van der Waals surface area contributed by atoms with E-state index in [1.54, 1.807) is 0 Å². The Balaban J connectivity index is 0.00000128. The molecule has 0 aromatic rings. The highest BCUT2D eigenvalue weighted by Gasteiger charge is 2.20. The van der Waals surface area contributed by atoms with Crippen LogP contribution in [0.4, 0.5) is 0 Å². The van der Waals surface area contributed by atoms with Crippen molar-refractivity contribution in [2.24, 2.45) is 16.6 Å². The Morgan fingerprint density at radius 3 is 2.31 bits per heavy atom. The molecule has 1 saturated heterocycles. The second kappa shape index (κ2) is 7.35. The predicted octanol–water partition coefficient (Wildman–Crippen LogP) is 2.60. The van der Waals surface area contributed by atoms with Crippen molar-refractivity contribution in [1.82, 2.24) is 4.90 Å². The van der Waals surface area contributed by atoms with Crippen molar-refractivity contribution in [2.75, 3.05) is 19.6 Å². The van der Waals surface area contributed by atoms with Gasteiger partial charge in [-0.3, -0.25) is 4.99 Å². The van der Waals surface area contributed by atoms with E-state index < -0.39 is 0 Å². The number of likely N-dealkylation sites (tertiary alicyclic amines) is 1. The average Bonchev–Trinajstić information content (AvgIpc) is 3.04. The second-order valence-corrected chi connectivity index (χ2v) is 4.87. The molecule has 0 aromatic carbocycles. The highest BCUT2D eigenvalue weighted by atomic mass is 127. The summed E-state index contributed by atoms with van der Waals surface area (Å²) in [4.78, 5) is 6.75. The third-order valence-electron chi connectivity index (χ3n) is 3.44. The van der Waals surface area contributed by atoms with Gasteiger partial charge in [0.2, 0.25) is 0 Å². The van der Waals surface area contributed by atoms with Crippen LogP contribution in [0.5, 0.6) is 0 Å². The van der Waals surface area contributed by atoms with Crippen molar-refractivity contribution in [3.63, 3.8) is 0 Å². The molecule has 0 bridgehead atoms. The van der Waals surface area contributed by atoms with Crippen LogP contribution in [0.2, 0.25) is 0 Å². The largest absolute Gasteiger partial charge is 0.370 e. The number of hydrogen-bond acceptors (Lipinski definition) is 1. The Morgan fingerprint density at radius 1 is 1.12 bits per heavy atom. The molecule has 4 heteroatoms. The van der Waals surface area contributed by atoms with Gasteiger partial charge in [-0.25, -0.2) is 0 Å². The zero-order valence-corrected chi connectivity index (χ0v) is 12.4. The highest BCUT2D eigenvalue weighted by molar-refractivity contribution is 14.0. The summed E-state index contributed by atoms with van der Waals surface area (Å²) in [5.74, 6) is 1.75. The van der Waals surface area contributed by atoms with Crippen molar-refractivity contribution < 1.29 is 0 Å². The SMILES string of the molecule is I.NC(=NCCC1CC1)N1CCCCCC1. The van der Waals surface area contributed by atoms with Crippen molar-refractivity contribution in [3.05, 3.63) is 0 Å². The van der Waals surface area contributed by atoms with Gasteiger partial charge < -0.3 is 10.6 Å². The standard InChI is InChI=1S/C12H23N3.HI/c13-12(14-8-7-11-5-6-11)15-9-3-1-2-4-10-15;/h11H,1-10H2,(H2,13,14);1H. The molecule has 2 N–H and O–H groups in total. The van der Waals surface area contributed by atoms with Crippen molar-refractivity contribution >= 4 is 29.9 Å². The summed E-state index contributed by atoms with van der Waals surface area (Å²) in [6.07, 6.45) is 9.34. The van der Waals surface area contributed by atoms with E-state index in [1.807, 2.05) is 0 Å². The Morgan fingerprint density at radius 2 is 1.75 bits per heavy atom. The van der Waals surface area contributed by atoms with E-state index in [-0.39, 0.29) is 24.0 Å². The molecule has 2 fully saturated rings. The minimum Gasteiger partial charge on any atom is -0.370 e. The molecule has 94 valence electrons. The van der Waals surface area contributed by atoms with E-state index in [0.717, 1.165) is 31.5 Å². The van der Waals surface area contributed by atoms with Crippen LogP contribution in [0.1, 0.15) is 44.9 Å². The number of nitrogens with zero attached hydrogens (tertiary/aromatic N) is 2. The normalized spacial score (nSPS) is 22.5. The first-order chi connectivity index (χ1) is 7.36. The zero-order chi connectivity index (χ0) is 10.5. The van der Waals surface area contributed by atoms with E-state index in [1.165, 1.54) is 44.9 Å². The Labute approximate surface area is 116 Å². The van der Waals surface area contributed by atoms with Crippen LogP contribution in [-0.2, 0) is 0 Å². The minimum absolute atomic E-state index is 0. The lowest BCUT2D eigenvalue weighted by molar-refractivity contribution is 0.428. The highest BCUT2D eigenvalue weighted by Crippen LogP contribution is 2.32. The smallest absolute Gasteiger partial charge is 0.191 e. The number of hydrogen-bond donors (Lipinski definition) is 1. The summed E-state index contributed by atoms with van der Waals surface area (Å²) in [7, 11) is 0. The number of rotatable bonds is 3. The second-order valence-electron chi connectivity index (χ2n) is 4.87. The van der Waals surface area contributed by atoms with Crippen LogP contribution in [0.15, 0.2) is 4.99 Å². The molecule has 16 heavy (non-hydrogen) atoms. The van der Waals surface area contributed by atoms with Crippen LogP contribution >= 0.6 is 24.0 Å².